The highest BCUT2D eigenvalue weighted by Gasteiger charge is 2.00. The van der Waals surface area contributed by atoms with Crippen LogP contribution in [0.25, 0.3) is 0 Å². The summed E-state index contributed by atoms with van der Waals surface area (Å²) in [6.07, 6.45) is 5.42. The first kappa shape index (κ1) is 10.7. The van der Waals surface area contributed by atoms with Gasteiger partial charge in [-0.05, 0) is 33.1 Å². The molecule has 0 spiro atoms. The molecule has 0 saturated carbocycles. The normalized spacial score (nSPS) is 17.1. The first-order valence-corrected chi connectivity index (χ1v) is 4.15. The second-order valence-electron chi connectivity index (χ2n) is 2.87. The smallest absolute Gasteiger partial charge is 0.0720 e. The Kier molecular flexibility index (Phi) is 6.18. The van der Waals surface area contributed by atoms with Gasteiger partial charge in [0, 0.05) is 0 Å². The summed E-state index contributed by atoms with van der Waals surface area (Å²) in [4.78, 5) is 0. The van der Waals surface area contributed by atoms with E-state index in [1.165, 1.54) is 0 Å². The average molecular weight is 158 g/mol. The zero-order valence-corrected chi connectivity index (χ0v) is 7.33. The van der Waals surface area contributed by atoms with Gasteiger partial charge in [-0.1, -0.05) is 12.2 Å². The second-order valence-corrected chi connectivity index (χ2v) is 2.87. The van der Waals surface area contributed by atoms with Crippen LogP contribution in [-0.4, -0.2) is 22.4 Å². The second kappa shape index (κ2) is 6.38. The van der Waals surface area contributed by atoms with Crippen molar-refractivity contribution in [2.75, 3.05) is 0 Å². The van der Waals surface area contributed by atoms with Crippen molar-refractivity contribution < 1.29 is 10.2 Å². The summed E-state index contributed by atoms with van der Waals surface area (Å²) in [7, 11) is 0. The number of rotatable bonds is 5. The lowest BCUT2D eigenvalue weighted by Gasteiger charge is -2.06. The fourth-order valence-electron chi connectivity index (χ4n) is 0.941. The van der Waals surface area contributed by atoms with Gasteiger partial charge in [0.2, 0.25) is 0 Å². The van der Waals surface area contributed by atoms with Crippen molar-refractivity contribution in [1.29, 1.82) is 0 Å². The van der Waals surface area contributed by atoms with Gasteiger partial charge in [-0.2, -0.15) is 0 Å². The summed E-state index contributed by atoms with van der Waals surface area (Å²) in [5.41, 5.74) is 0. The Morgan fingerprint density at radius 2 is 1.91 bits per heavy atom. The van der Waals surface area contributed by atoms with E-state index < -0.39 is 0 Å². The van der Waals surface area contributed by atoms with Gasteiger partial charge in [-0.3, -0.25) is 0 Å². The van der Waals surface area contributed by atoms with Crippen LogP contribution in [0, 0.1) is 0 Å². The number of hydrogen-bond acceptors (Lipinski definition) is 2. The Morgan fingerprint density at radius 1 is 1.27 bits per heavy atom. The zero-order valence-electron chi connectivity index (χ0n) is 7.33. The molecule has 0 aromatic rings. The van der Waals surface area contributed by atoms with Crippen molar-refractivity contribution in [3.05, 3.63) is 12.2 Å². The molecule has 2 N–H and O–H groups in total. The molecule has 0 aliphatic heterocycles. The minimum Gasteiger partial charge on any atom is -0.393 e. The van der Waals surface area contributed by atoms with Gasteiger partial charge in [0.1, 0.15) is 0 Å². The molecule has 2 atom stereocenters. The maximum absolute atomic E-state index is 9.19. The van der Waals surface area contributed by atoms with Crippen LogP contribution in [0.2, 0.25) is 0 Å². The molecule has 0 aliphatic carbocycles. The maximum Gasteiger partial charge on any atom is 0.0720 e. The summed E-state index contributed by atoms with van der Waals surface area (Å²) in [5, 5.41) is 18.1. The SMILES string of the molecule is CC=CC(O)CCCC(C)O. The molecular weight excluding hydrogens is 140 g/mol. The van der Waals surface area contributed by atoms with E-state index in [0.29, 0.717) is 0 Å². The lowest BCUT2D eigenvalue weighted by molar-refractivity contribution is 0.164. The maximum atomic E-state index is 9.19. The van der Waals surface area contributed by atoms with E-state index in [4.69, 9.17) is 5.11 Å². The van der Waals surface area contributed by atoms with Crippen molar-refractivity contribution in [3.63, 3.8) is 0 Å². The average Bonchev–Trinajstić information content (AvgIpc) is 1.87. The van der Waals surface area contributed by atoms with E-state index in [1.54, 1.807) is 13.0 Å². The van der Waals surface area contributed by atoms with E-state index in [2.05, 4.69) is 0 Å². The molecule has 2 unspecified atom stereocenters. The van der Waals surface area contributed by atoms with E-state index in [-0.39, 0.29) is 12.2 Å². The third-order valence-electron chi connectivity index (χ3n) is 1.54. The van der Waals surface area contributed by atoms with Crippen LogP contribution in [0.3, 0.4) is 0 Å². The zero-order chi connectivity index (χ0) is 8.69. The fourth-order valence-corrected chi connectivity index (χ4v) is 0.941. The third kappa shape index (κ3) is 7.56. The van der Waals surface area contributed by atoms with E-state index in [9.17, 15) is 5.11 Å². The summed E-state index contributed by atoms with van der Waals surface area (Å²) in [5.74, 6) is 0. The number of allylic oxidation sites excluding steroid dienone is 1. The van der Waals surface area contributed by atoms with Gasteiger partial charge in [-0.25, -0.2) is 0 Å². The molecule has 0 aromatic heterocycles. The Hall–Kier alpha value is -0.340. The summed E-state index contributed by atoms with van der Waals surface area (Å²) >= 11 is 0. The molecular formula is C9H18O2. The number of hydrogen-bond donors (Lipinski definition) is 2. The third-order valence-corrected chi connectivity index (χ3v) is 1.54. The molecule has 0 heterocycles. The molecule has 0 aliphatic rings. The highest BCUT2D eigenvalue weighted by Crippen LogP contribution is 2.04. The molecule has 66 valence electrons. The molecule has 2 nitrogen and oxygen atoms in total. The summed E-state index contributed by atoms with van der Waals surface area (Å²) in [6.45, 7) is 3.65. The van der Waals surface area contributed by atoms with Crippen LogP contribution in [0.1, 0.15) is 33.1 Å². The van der Waals surface area contributed by atoms with Crippen molar-refractivity contribution in [1.82, 2.24) is 0 Å². The summed E-state index contributed by atoms with van der Waals surface area (Å²) < 4.78 is 0. The summed E-state index contributed by atoms with van der Waals surface area (Å²) in [6, 6.07) is 0. The Morgan fingerprint density at radius 3 is 2.36 bits per heavy atom. The van der Waals surface area contributed by atoms with E-state index in [0.717, 1.165) is 19.3 Å². The van der Waals surface area contributed by atoms with Gasteiger partial charge in [0.25, 0.3) is 0 Å². The lowest BCUT2D eigenvalue weighted by atomic mass is 10.1. The predicted molar refractivity (Wildman–Crippen MR) is 46.4 cm³/mol. The fraction of sp³-hybridized carbons (Fsp3) is 0.778. The predicted octanol–water partition coefficient (Wildman–Crippen LogP) is 1.47. The van der Waals surface area contributed by atoms with Gasteiger partial charge in [0.05, 0.1) is 12.2 Å². The Bertz CT molecular complexity index is 108. The quantitative estimate of drug-likeness (QED) is 0.595. The highest BCUT2D eigenvalue weighted by molar-refractivity contribution is 4.84. The standard InChI is InChI=1S/C9H18O2/c1-3-5-9(11)7-4-6-8(2)10/h3,5,8-11H,4,6-7H2,1-2H3. The van der Waals surface area contributed by atoms with Crippen LogP contribution in [0.15, 0.2) is 12.2 Å². The first-order valence-electron chi connectivity index (χ1n) is 4.15. The Labute approximate surface area is 68.6 Å². The molecule has 0 radical (unpaired) electrons. The molecule has 0 amide bonds. The van der Waals surface area contributed by atoms with Crippen molar-refractivity contribution in [2.45, 2.75) is 45.3 Å². The number of aliphatic hydroxyl groups excluding tert-OH is 2. The lowest BCUT2D eigenvalue weighted by Crippen LogP contribution is -2.05. The van der Waals surface area contributed by atoms with Crippen LogP contribution in [0.5, 0.6) is 0 Å². The van der Waals surface area contributed by atoms with E-state index in [1.807, 2.05) is 13.0 Å². The van der Waals surface area contributed by atoms with Crippen LogP contribution in [0.4, 0.5) is 0 Å². The first-order chi connectivity index (χ1) is 5.16. The van der Waals surface area contributed by atoms with Crippen molar-refractivity contribution >= 4 is 0 Å². The Balaban J connectivity index is 3.24. The van der Waals surface area contributed by atoms with Crippen LogP contribution < -0.4 is 0 Å². The van der Waals surface area contributed by atoms with Crippen molar-refractivity contribution in [2.24, 2.45) is 0 Å². The molecule has 0 rings (SSSR count). The molecule has 0 fully saturated rings. The number of aliphatic hydroxyl groups is 2. The molecule has 0 aromatic carbocycles. The van der Waals surface area contributed by atoms with Gasteiger partial charge >= 0.3 is 0 Å². The van der Waals surface area contributed by atoms with Gasteiger partial charge < -0.3 is 10.2 Å². The minimum atomic E-state index is -0.334. The molecule has 0 bridgehead atoms. The van der Waals surface area contributed by atoms with Crippen LogP contribution >= 0.6 is 0 Å². The minimum absolute atomic E-state index is 0.243. The largest absolute Gasteiger partial charge is 0.393 e. The monoisotopic (exact) mass is 158 g/mol. The molecule has 0 saturated heterocycles. The van der Waals surface area contributed by atoms with Gasteiger partial charge in [-0.15, -0.1) is 0 Å². The van der Waals surface area contributed by atoms with Crippen LogP contribution in [-0.2, 0) is 0 Å². The highest BCUT2D eigenvalue weighted by atomic mass is 16.3. The molecule has 11 heavy (non-hydrogen) atoms. The molecule has 2 heteroatoms. The van der Waals surface area contributed by atoms with Gasteiger partial charge in [0.15, 0.2) is 0 Å². The topological polar surface area (TPSA) is 40.5 Å². The van der Waals surface area contributed by atoms with E-state index >= 15 is 0 Å². The van der Waals surface area contributed by atoms with Crippen molar-refractivity contribution in [3.8, 4) is 0 Å².